The van der Waals surface area contributed by atoms with Gasteiger partial charge in [0.1, 0.15) is 5.56 Å². The highest BCUT2D eigenvalue weighted by atomic mass is 16.5. The number of pyridine rings is 1. The van der Waals surface area contributed by atoms with Crippen LogP contribution in [0.1, 0.15) is 23.7 Å². The summed E-state index contributed by atoms with van der Waals surface area (Å²) in [6.45, 7) is 2.33. The van der Waals surface area contributed by atoms with Gasteiger partial charge in [0.25, 0.3) is 0 Å². The molecular weight excluding hydrogens is 372 g/mol. The zero-order chi connectivity index (χ0) is 20.4. The molecule has 148 valence electrons. The van der Waals surface area contributed by atoms with Crippen molar-refractivity contribution in [3.05, 3.63) is 60.4 Å². The molecule has 29 heavy (non-hydrogen) atoms. The smallest absolute Gasteiger partial charge is 0.341 e. The predicted molar refractivity (Wildman–Crippen MR) is 107 cm³/mol. The number of rotatable bonds is 5. The molecule has 2 amide bonds. The second-order valence-corrected chi connectivity index (χ2v) is 6.75. The van der Waals surface area contributed by atoms with E-state index in [1.54, 1.807) is 30.2 Å². The minimum absolute atomic E-state index is 0.0767. The molecule has 0 bridgehead atoms. The Morgan fingerprint density at radius 1 is 1.24 bits per heavy atom. The molecule has 3 heterocycles. The number of aromatic nitrogens is 2. The van der Waals surface area contributed by atoms with Crippen LogP contribution in [-0.4, -0.2) is 40.5 Å². The molecule has 8 heteroatoms. The van der Waals surface area contributed by atoms with Crippen LogP contribution < -0.4 is 10.2 Å². The molecule has 0 aliphatic carbocycles. The third-order valence-corrected chi connectivity index (χ3v) is 4.85. The molecule has 0 radical (unpaired) electrons. The average Bonchev–Trinajstić information content (AvgIpc) is 3.32. The number of hydrogen-bond donors (Lipinski definition) is 1. The van der Waals surface area contributed by atoms with Crippen LogP contribution >= 0.6 is 0 Å². The van der Waals surface area contributed by atoms with Crippen molar-refractivity contribution >= 4 is 34.7 Å². The molecule has 1 aromatic carbocycles. The number of hydrogen-bond acceptors (Lipinski definition) is 5. The summed E-state index contributed by atoms with van der Waals surface area (Å²) in [6, 6.07) is 12.7. The van der Waals surface area contributed by atoms with Gasteiger partial charge in [-0.1, -0.05) is 18.2 Å². The first kappa shape index (κ1) is 18.7. The van der Waals surface area contributed by atoms with Gasteiger partial charge >= 0.3 is 5.97 Å². The van der Waals surface area contributed by atoms with Crippen molar-refractivity contribution in [3.8, 4) is 0 Å². The van der Waals surface area contributed by atoms with Crippen molar-refractivity contribution in [2.45, 2.75) is 13.3 Å². The maximum atomic E-state index is 12.7. The van der Waals surface area contributed by atoms with E-state index in [9.17, 15) is 14.4 Å². The summed E-state index contributed by atoms with van der Waals surface area (Å²) >= 11 is 0. The van der Waals surface area contributed by atoms with Crippen molar-refractivity contribution < 1.29 is 19.1 Å². The van der Waals surface area contributed by atoms with Crippen LogP contribution in [0.4, 0.5) is 11.4 Å². The lowest BCUT2D eigenvalue weighted by molar-refractivity contribution is -0.122. The molecule has 1 N–H and O–H groups in total. The van der Waals surface area contributed by atoms with E-state index in [1.807, 2.05) is 30.3 Å². The molecule has 8 nitrogen and oxygen atoms in total. The van der Waals surface area contributed by atoms with Gasteiger partial charge in [-0.3, -0.25) is 9.59 Å². The molecule has 1 aliphatic heterocycles. The summed E-state index contributed by atoms with van der Waals surface area (Å²) in [7, 11) is 0. The minimum atomic E-state index is -0.467. The van der Waals surface area contributed by atoms with E-state index in [4.69, 9.17) is 4.74 Å². The Kier molecular flexibility index (Phi) is 4.99. The number of nitrogens with one attached hydrogen (secondary N) is 1. The number of amides is 2. The molecule has 4 rings (SSSR count). The summed E-state index contributed by atoms with van der Waals surface area (Å²) in [6.07, 6.45) is 3.25. The first-order chi connectivity index (χ1) is 14.1. The number of anilines is 2. The van der Waals surface area contributed by atoms with Gasteiger partial charge in [0.2, 0.25) is 11.8 Å². The van der Waals surface area contributed by atoms with Crippen LogP contribution in [0.25, 0.3) is 5.52 Å². The summed E-state index contributed by atoms with van der Waals surface area (Å²) in [5.74, 6) is -1.23. The quantitative estimate of drug-likeness (QED) is 0.674. The second-order valence-electron chi connectivity index (χ2n) is 6.75. The van der Waals surface area contributed by atoms with Gasteiger partial charge < -0.3 is 15.0 Å². The zero-order valence-electron chi connectivity index (χ0n) is 15.9. The molecule has 0 saturated carbocycles. The highest BCUT2D eigenvalue weighted by Crippen LogP contribution is 2.26. The standard InChI is InChI=1S/C21H20N4O4/c1-2-29-21(28)17-12-22-25-9-8-15(11-18(17)25)23-20(27)14-10-19(26)24(13-14)16-6-4-3-5-7-16/h3-9,11-12,14H,2,10,13H2,1H3,(H,23,27). The first-order valence-corrected chi connectivity index (χ1v) is 9.37. The molecule has 0 spiro atoms. The zero-order valence-corrected chi connectivity index (χ0v) is 15.9. The Hall–Kier alpha value is -3.68. The van der Waals surface area contributed by atoms with Gasteiger partial charge in [0.05, 0.1) is 24.2 Å². The number of para-hydroxylation sites is 1. The molecule has 2 aromatic heterocycles. The van der Waals surface area contributed by atoms with Gasteiger partial charge in [0.15, 0.2) is 0 Å². The van der Waals surface area contributed by atoms with Crippen LogP contribution in [0.5, 0.6) is 0 Å². The van der Waals surface area contributed by atoms with Crippen LogP contribution in [0.15, 0.2) is 54.9 Å². The van der Waals surface area contributed by atoms with E-state index >= 15 is 0 Å². The average molecular weight is 392 g/mol. The van der Waals surface area contributed by atoms with Crippen molar-refractivity contribution in [2.24, 2.45) is 5.92 Å². The van der Waals surface area contributed by atoms with Gasteiger partial charge in [-0.05, 0) is 31.2 Å². The lowest BCUT2D eigenvalue weighted by Gasteiger charge is -2.16. The SMILES string of the molecule is CCOC(=O)c1cnn2ccc(NC(=O)C3CC(=O)N(c4ccccc4)C3)cc12. The maximum Gasteiger partial charge on any atom is 0.341 e. The number of fused-ring (bicyclic) bond motifs is 1. The maximum absolute atomic E-state index is 12.7. The predicted octanol–water partition coefficient (Wildman–Crippen LogP) is 2.50. The summed E-state index contributed by atoms with van der Waals surface area (Å²) in [5.41, 5.74) is 2.18. The number of ether oxygens (including phenoxy) is 1. The normalized spacial score (nSPS) is 16.2. The van der Waals surface area contributed by atoms with Gasteiger partial charge in [-0.2, -0.15) is 5.10 Å². The van der Waals surface area contributed by atoms with Crippen LogP contribution in [0, 0.1) is 5.92 Å². The van der Waals surface area contributed by atoms with Crippen molar-refractivity contribution in [3.63, 3.8) is 0 Å². The minimum Gasteiger partial charge on any atom is -0.462 e. The van der Waals surface area contributed by atoms with Gasteiger partial charge in [0, 0.05) is 30.5 Å². The summed E-state index contributed by atoms with van der Waals surface area (Å²) in [4.78, 5) is 38.8. The van der Waals surface area contributed by atoms with E-state index in [2.05, 4.69) is 10.4 Å². The lowest BCUT2D eigenvalue weighted by atomic mass is 10.1. The fraction of sp³-hybridized carbons (Fsp3) is 0.238. The summed E-state index contributed by atoms with van der Waals surface area (Å²) < 4.78 is 6.58. The van der Waals surface area contributed by atoms with Crippen molar-refractivity contribution in [1.82, 2.24) is 9.61 Å². The van der Waals surface area contributed by atoms with E-state index < -0.39 is 11.9 Å². The Morgan fingerprint density at radius 3 is 2.79 bits per heavy atom. The van der Waals surface area contributed by atoms with E-state index in [1.165, 1.54) is 10.7 Å². The van der Waals surface area contributed by atoms with Crippen LogP contribution in [0.3, 0.4) is 0 Å². The van der Waals surface area contributed by atoms with E-state index in [0.29, 0.717) is 23.3 Å². The third-order valence-electron chi connectivity index (χ3n) is 4.85. The van der Waals surface area contributed by atoms with Gasteiger partial charge in [-0.15, -0.1) is 0 Å². The highest BCUT2D eigenvalue weighted by Gasteiger charge is 2.35. The second kappa shape index (κ2) is 7.75. The summed E-state index contributed by atoms with van der Waals surface area (Å²) in [5, 5.41) is 6.97. The lowest BCUT2D eigenvalue weighted by Crippen LogP contribution is -2.28. The monoisotopic (exact) mass is 392 g/mol. The van der Waals surface area contributed by atoms with Crippen LogP contribution in [0.2, 0.25) is 0 Å². The van der Waals surface area contributed by atoms with Crippen molar-refractivity contribution in [2.75, 3.05) is 23.4 Å². The topological polar surface area (TPSA) is 93.0 Å². The fourth-order valence-electron chi connectivity index (χ4n) is 3.41. The Labute approximate surface area is 167 Å². The number of carbonyl (C=O) groups excluding carboxylic acids is 3. The number of benzene rings is 1. The number of carbonyl (C=O) groups is 3. The Morgan fingerprint density at radius 2 is 2.03 bits per heavy atom. The molecule has 1 aliphatic rings. The molecule has 1 atom stereocenters. The Balaban J connectivity index is 1.50. The highest BCUT2D eigenvalue weighted by molar-refractivity contribution is 6.04. The third kappa shape index (κ3) is 3.69. The fourth-order valence-corrected chi connectivity index (χ4v) is 3.41. The molecule has 1 unspecified atom stereocenters. The Bertz CT molecular complexity index is 1080. The van der Waals surface area contributed by atoms with Crippen LogP contribution in [-0.2, 0) is 14.3 Å². The molecule has 1 fully saturated rings. The van der Waals surface area contributed by atoms with Gasteiger partial charge in [-0.25, -0.2) is 9.31 Å². The molecule has 1 saturated heterocycles. The molecular formula is C21H20N4O4. The van der Waals surface area contributed by atoms with Crippen molar-refractivity contribution in [1.29, 1.82) is 0 Å². The van der Waals surface area contributed by atoms with E-state index in [0.717, 1.165) is 5.69 Å². The first-order valence-electron chi connectivity index (χ1n) is 9.37. The van der Waals surface area contributed by atoms with E-state index in [-0.39, 0.29) is 24.8 Å². The number of nitrogens with zero attached hydrogens (tertiary/aromatic N) is 3. The number of esters is 1. The largest absolute Gasteiger partial charge is 0.462 e. The molecule has 3 aromatic rings.